The van der Waals surface area contributed by atoms with Crippen molar-refractivity contribution in [2.45, 2.75) is 108 Å². The number of aliphatic hydroxyl groups is 2. The molecule has 3 heterocycles. The number of imidazole rings is 1. The number of carbonyl (C=O) groups excluding carboxylic acids is 3. The number of ketones is 1. The van der Waals surface area contributed by atoms with Gasteiger partial charge in [0.1, 0.15) is 36.3 Å². The van der Waals surface area contributed by atoms with Crippen molar-refractivity contribution >= 4 is 102 Å². The van der Waals surface area contributed by atoms with Crippen molar-refractivity contribution in [3.05, 3.63) is 72.8 Å². The standard InChI is InChI=1S/C47H62N7O17P3S/c1-4-5-6-7-8-9-13-34(39(56)32-19-17-30-15-14-28-11-10-12-29-16-18-31(32)37(30)36(28)29)75-23-22-49-35(55)20-21-50-45(59)42(58)47(2,3)25-68-74(65,66)71-73(63,64)67-24-33-41(70-72(60,61)62)40(57)46(69-33)54-27-53-38-43(48)51-26-52-44(38)54/h10-12,14-19,26-27,33-34,40-42,46,57-58H,4-9,13,20-25H2,1-3H3,(H,49,55)(H,50,59)(H,63,64)(H,65,66)(H2,48,51,52)(H2,60,61,62)/t33-,34?,40-,41-,42+,46-/m1/s1. The fourth-order valence-electron chi connectivity index (χ4n) is 8.86. The third-order valence-corrected chi connectivity index (χ3v) is 17.1. The van der Waals surface area contributed by atoms with E-state index in [9.17, 15) is 57.9 Å². The zero-order valence-electron chi connectivity index (χ0n) is 41.3. The molecule has 75 heavy (non-hydrogen) atoms. The van der Waals surface area contributed by atoms with E-state index in [0.717, 1.165) is 81.6 Å². The first-order valence-corrected chi connectivity index (χ1v) is 29.8. The van der Waals surface area contributed by atoms with Crippen LogP contribution >= 0.6 is 35.2 Å². The molecule has 3 unspecified atom stereocenters. The quantitative estimate of drug-likeness (QED) is 0.0112. The molecule has 24 nitrogen and oxygen atoms in total. The number of amides is 2. The largest absolute Gasteiger partial charge is 0.481 e. The van der Waals surface area contributed by atoms with Gasteiger partial charge in [0.2, 0.25) is 11.8 Å². The number of hydrogen-bond acceptors (Lipinski definition) is 18. The van der Waals surface area contributed by atoms with E-state index in [2.05, 4.69) is 71.7 Å². The Labute approximate surface area is 435 Å². The Bertz CT molecular complexity index is 3110. The highest BCUT2D eigenvalue weighted by Crippen LogP contribution is 2.61. The van der Waals surface area contributed by atoms with Crippen LogP contribution in [0.2, 0.25) is 0 Å². The van der Waals surface area contributed by atoms with Gasteiger partial charge >= 0.3 is 23.5 Å². The second kappa shape index (κ2) is 24.9. The Morgan fingerprint density at radius 1 is 0.867 bits per heavy atom. The second-order valence-corrected chi connectivity index (χ2v) is 24.4. The zero-order chi connectivity index (χ0) is 54.3. The number of ether oxygens (including phenoxy) is 1. The van der Waals surface area contributed by atoms with E-state index in [1.807, 2.05) is 24.3 Å². The molecule has 0 radical (unpaired) electrons. The summed E-state index contributed by atoms with van der Waals surface area (Å²) in [5, 5.41) is 33.1. The van der Waals surface area contributed by atoms with Gasteiger partial charge < -0.3 is 50.9 Å². The normalized spacial score (nSPS) is 19.9. The van der Waals surface area contributed by atoms with Crippen LogP contribution < -0.4 is 16.4 Å². The Morgan fingerprint density at radius 3 is 2.25 bits per heavy atom. The monoisotopic (exact) mass is 1120 g/mol. The molecule has 0 spiro atoms. The van der Waals surface area contributed by atoms with E-state index in [-0.39, 0.29) is 47.5 Å². The smallest absolute Gasteiger partial charge is 0.386 e. The van der Waals surface area contributed by atoms with Gasteiger partial charge in [-0.1, -0.05) is 114 Å². The number of carbonyl (C=O) groups is 3. The molecule has 10 N–H and O–H groups in total. The second-order valence-electron chi connectivity index (χ2n) is 18.8. The minimum atomic E-state index is -5.60. The summed E-state index contributed by atoms with van der Waals surface area (Å²) in [7, 11) is -16.5. The summed E-state index contributed by atoms with van der Waals surface area (Å²) < 4.78 is 63.0. The number of benzene rings is 4. The number of rotatable bonds is 29. The lowest BCUT2D eigenvalue weighted by Crippen LogP contribution is -2.46. The summed E-state index contributed by atoms with van der Waals surface area (Å²) in [6, 6.07) is 18.4. The molecule has 0 aliphatic carbocycles. The number of hydrogen-bond donors (Lipinski definition) is 9. The summed E-state index contributed by atoms with van der Waals surface area (Å²) >= 11 is 1.50. The Morgan fingerprint density at radius 2 is 1.53 bits per heavy atom. The Kier molecular flexibility index (Phi) is 19.3. The van der Waals surface area contributed by atoms with Crippen molar-refractivity contribution in [2.24, 2.45) is 5.41 Å². The zero-order valence-corrected chi connectivity index (χ0v) is 44.8. The number of phosphoric acid groups is 3. The number of thioether (sulfide) groups is 1. The average molecular weight is 1120 g/mol. The molecule has 408 valence electrons. The average Bonchev–Trinajstić information content (AvgIpc) is 3.92. The van der Waals surface area contributed by atoms with Crippen molar-refractivity contribution < 1.29 is 80.5 Å². The minimum Gasteiger partial charge on any atom is -0.386 e. The maximum absolute atomic E-state index is 14.4. The van der Waals surface area contributed by atoms with Crippen molar-refractivity contribution in [3.8, 4) is 0 Å². The number of aromatic nitrogens is 4. The van der Waals surface area contributed by atoms with E-state index < -0.39 is 84.6 Å². The molecule has 0 saturated carbocycles. The van der Waals surface area contributed by atoms with Crippen molar-refractivity contribution in [1.29, 1.82) is 0 Å². The molecule has 1 fully saturated rings. The predicted octanol–water partition coefficient (Wildman–Crippen LogP) is 6.04. The van der Waals surface area contributed by atoms with Crippen LogP contribution in [0.5, 0.6) is 0 Å². The highest BCUT2D eigenvalue weighted by Gasteiger charge is 2.50. The molecular formula is C47H62N7O17P3S. The maximum atomic E-state index is 14.4. The van der Waals surface area contributed by atoms with Gasteiger partial charge in [-0.25, -0.2) is 28.6 Å². The van der Waals surface area contributed by atoms with Crippen LogP contribution in [0.15, 0.2) is 67.3 Å². The number of fused-ring (bicyclic) bond motifs is 1. The van der Waals surface area contributed by atoms with Gasteiger partial charge in [-0.05, 0) is 38.7 Å². The molecule has 4 aromatic carbocycles. The van der Waals surface area contributed by atoms with Crippen LogP contribution in [-0.4, -0.2) is 129 Å². The molecule has 0 bridgehead atoms. The number of aliphatic hydroxyl groups excluding tert-OH is 2. The number of phosphoric ester groups is 3. The summed E-state index contributed by atoms with van der Waals surface area (Å²) in [5.74, 6) is -0.918. The third kappa shape index (κ3) is 14.7. The van der Waals surface area contributed by atoms with Crippen LogP contribution in [0.25, 0.3) is 43.5 Å². The summed E-state index contributed by atoms with van der Waals surface area (Å²) in [6.45, 7) is 2.74. The van der Waals surface area contributed by atoms with Gasteiger partial charge in [-0.2, -0.15) is 4.31 Å². The van der Waals surface area contributed by atoms with Gasteiger partial charge in [-0.15, -0.1) is 11.8 Å². The Balaban J connectivity index is 0.857. The lowest BCUT2D eigenvalue weighted by Gasteiger charge is -2.30. The molecule has 2 aromatic heterocycles. The van der Waals surface area contributed by atoms with Gasteiger partial charge in [0, 0.05) is 36.2 Å². The van der Waals surface area contributed by atoms with Gasteiger partial charge in [0.25, 0.3) is 0 Å². The van der Waals surface area contributed by atoms with Crippen LogP contribution in [0.1, 0.15) is 88.7 Å². The molecule has 28 heteroatoms. The number of nitrogens with two attached hydrogens (primary N) is 1. The molecule has 1 aliphatic heterocycles. The van der Waals surface area contributed by atoms with Crippen molar-refractivity contribution in [2.75, 3.05) is 37.8 Å². The first kappa shape index (κ1) is 58.2. The Hall–Kier alpha value is -4.52. The minimum absolute atomic E-state index is 0.0305. The maximum Gasteiger partial charge on any atom is 0.481 e. The number of nitrogen functional groups attached to an aromatic ring is 1. The van der Waals surface area contributed by atoms with E-state index in [0.29, 0.717) is 17.7 Å². The van der Waals surface area contributed by atoms with E-state index in [1.165, 1.54) is 32.0 Å². The number of unbranched alkanes of at least 4 members (excludes halogenated alkanes) is 5. The van der Waals surface area contributed by atoms with Crippen LogP contribution in [0, 0.1) is 5.41 Å². The van der Waals surface area contributed by atoms with E-state index >= 15 is 0 Å². The molecule has 2 amide bonds. The first-order valence-electron chi connectivity index (χ1n) is 24.2. The lowest BCUT2D eigenvalue weighted by molar-refractivity contribution is -0.137. The van der Waals surface area contributed by atoms with Crippen molar-refractivity contribution in [1.82, 2.24) is 30.2 Å². The van der Waals surface area contributed by atoms with Gasteiger partial charge in [0.15, 0.2) is 23.5 Å². The summed E-state index contributed by atoms with van der Waals surface area (Å²) in [6.07, 6.45) is 0.196. The fraction of sp³-hybridized carbons (Fsp3) is 0.489. The van der Waals surface area contributed by atoms with Crippen LogP contribution in [0.4, 0.5) is 5.82 Å². The van der Waals surface area contributed by atoms with E-state index in [4.69, 9.17) is 19.5 Å². The molecular weight excluding hydrogens is 1060 g/mol. The summed E-state index contributed by atoms with van der Waals surface area (Å²) in [4.78, 5) is 91.7. The number of nitrogens with zero attached hydrogens (tertiary/aromatic N) is 4. The van der Waals surface area contributed by atoms with Crippen LogP contribution in [0.3, 0.4) is 0 Å². The molecule has 1 saturated heterocycles. The topological polar surface area (TPSA) is 364 Å². The first-order chi connectivity index (χ1) is 35.5. The predicted molar refractivity (Wildman–Crippen MR) is 278 cm³/mol. The summed E-state index contributed by atoms with van der Waals surface area (Å²) in [5.41, 5.74) is 4.95. The lowest BCUT2D eigenvalue weighted by atomic mass is 9.87. The highest BCUT2D eigenvalue weighted by molar-refractivity contribution is 8.00. The number of Topliss-reactive ketones (excluding diaryl/α,β-unsaturated/α-hetero) is 1. The molecule has 8 atom stereocenters. The SMILES string of the molecule is CCCCCCCCC(SCCNC(=O)CCNC(=O)[C@H](O)C(C)(C)COP(=O)(O)OP(=O)(O)OC[C@H]1O[C@@H](n2cnc3c(N)ncnc32)[C@H](O)[C@@H]1OP(=O)(O)O)C(=O)c1ccc2ccc3cccc4ccc1c2c34. The number of nitrogens with one attached hydrogen (secondary N) is 2. The number of anilines is 1. The van der Waals surface area contributed by atoms with Gasteiger partial charge in [0.05, 0.1) is 24.8 Å². The molecule has 7 rings (SSSR count). The van der Waals surface area contributed by atoms with Gasteiger partial charge in [-0.3, -0.25) is 32.5 Å². The van der Waals surface area contributed by atoms with Crippen molar-refractivity contribution in [3.63, 3.8) is 0 Å². The third-order valence-electron chi connectivity index (χ3n) is 12.7. The molecule has 1 aliphatic rings. The van der Waals surface area contributed by atoms with Crippen LogP contribution in [-0.2, 0) is 45.9 Å². The van der Waals surface area contributed by atoms with E-state index in [1.54, 1.807) is 0 Å². The highest BCUT2D eigenvalue weighted by atomic mass is 32.2. The molecule has 6 aromatic rings. The fourth-order valence-corrected chi connectivity index (χ4v) is 12.8.